The number of benzene rings is 1. The Bertz CT molecular complexity index is 827. The van der Waals surface area contributed by atoms with Gasteiger partial charge in [-0.05, 0) is 71.5 Å². The summed E-state index contributed by atoms with van der Waals surface area (Å²) in [4.78, 5) is 15.4. The Kier molecular flexibility index (Phi) is 6.92. The van der Waals surface area contributed by atoms with Crippen LogP contribution in [0.2, 0.25) is 18.1 Å². The van der Waals surface area contributed by atoms with E-state index in [0.29, 0.717) is 28.7 Å². The van der Waals surface area contributed by atoms with E-state index in [1.807, 2.05) is 0 Å². The first-order valence-corrected chi connectivity index (χ1v) is 13.0. The molecule has 2 rings (SSSR count). The van der Waals surface area contributed by atoms with Crippen molar-refractivity contribution >= 4 is 41.1 Å². The van der Waals surface area contributed by atoms with Crippen molar-refractivity contribution in [2.24, 2.45) is 0 Å². The third-order valence-corrected chi connectivity index (χ3v) is 10.6. The molecule has 0 bridgehead atoms. The number of hydrogen-bond donors (Lipinski definition) is 1. The third kappa shape index (κ3) is 4.81. The molecule has 150 valence electrons. The van der Waals surface area contributed by atoms with Crippen molar-refractivity contribution in [1.29, 1.82) is 0 Å². The first-order valence-electron chi connectivity index (χ1n) is 9.29. The topological polar surface area (TPSA) is 51.3 Å². The second-order valence-electron chi connectivity index (χ2n) is 8.20. The van der Waals surface area contributed by atoms with E-state index in [2.05, 4.69) is 54.8 Å². The maximum atomic E-state index is 13.9. The van der Waals surface area contributed by atoms with Crippen LogP contribution in [-0.4, -0.2) is 32.5 Å². The molecule has 4 nitrogen and oxygen atoms in total. The van der Waals surface area contributed by atoms with Crippen LogP contribution in [0.1, 0.15) is 50.2 Å². The normalized spacial score (nSPS) is 12.6. The number of fused-ring (bicyclic) bond motifs is 1. The number of H-pyrrole nitrogens is 1. The summed E-state index contributed by atoms with van der Waals surface area (Å²) in [6.07, 6.45) is 1.43. The molecule has 0 radical (unpaired) electrons. The van der Waals surface area contributed by atoms with Crippen molar-refractivity contribution in [2.45, 2.75) is 58.7 Å². The first-order chi connectivity index (χ1) is 12.5. The molecular formula is C20H29BrFNO3Si. The number of rotatable bonds is 7. The van der Waals surface area contributed by atoms with Crippen LogP contribution < -0.4 is 0 Å². The van der Waals surface area contributed by atoms with E-state index in [4.69, 9.17) is 9.16 Å². The molecule has 0 saturated carbocycles. The summed E-state index contributed by atoms with van der Waals surface area (Å²) in [5, 5.41) is 0.991. The number of esters is 1. The number of hydrogen-bond acceptors (Lipinski definition) is 3. The molecule has 1 heterocycles. The van der Waals surface area contributed by atoms with Crippen LogP contribution in [0.15, 0.2) is 16.6 Å². The van der Waals surface area contributed by atoms with Gasteiger partial charge in [-0.1, -0.05) is 20.8 Å². The lowest BCUT2D eigenvalue weighted by Crippen LogP contribution is -2.41. The van der Waals surface area contributed by atoms with E-state index < -0.39 is 14.3 Å². The molecule has 0 aliphatic heterocycles. The Morgan fingerprint density at radius 3 is 2.56 bits per heavy atom. The van der Waals surface area contributed by atoms with Crippen molar-refractivity contribution in [3.8, 4) is 0 Å². The minimum absolute atomic E-state index is 0.159. The average molecular weight is 458 g/mol. The lowest BCUT2D eigenvalue weighted by atomic mass is 10.1. The van der Waals surface area contributed by atoms with Gasteiger partial charge < -0.3 is 14.1 Å². The lowest BCUT2D eigenvalue weighted by molar-refractivity contribution is 0.0519. The second-order valence-corrected chi connectivity index (χ2v) is 13.8. The highest BCUT2D eigenvalue weighted by molar-refractivity contribution is 9.10. The molecule has 0 atom stereocenters. The molecule has 1 N–H and O–H groups in total. The molecule has 1 aromatic heterocycles. The summed E-state index contributed by atoms with van der Waals surface area (Å²) in [7, 11) is -1.80. The molecule has 0 saturated heterocycles. The standard InChI is InChI=1S/C20H29BrFNO3Si/c1-7-25-19(24)18-13(9-8-12-26-27(5,6)20(2,3)4)14-10-11-15(22)16(21)17(14)23-18/h10-11,23H,7-9,12H2,1-6H3. The summed E-state index contributed by atoms with van der Waals surface area (Å²) in [6, 6.07) is 3.11. The highest BCUT2D eigenvalue weighted by Gasteiger charge is 2.36. The van der Waals surface area contributed by atoms with E-state index in [9.17, 15) is 9.18 Å². The maximum absolute atomic E-state index is 13.9. The second kappa shape index (κ2) is 8.45. The van der Waals surface area contributed by atoms with E-state index in [1.165, 1.54) is 6.07 Å². The van der Waals surface area contributed by atoms with Crippen molar-refractivity contribution in [2.75, 3.05) is 13.2 Å². The molecule has 1 aromatic carbocycles. The van der Waals surface area contributed by atoms with Gasteiger partial charge in [-0.2, -0.15) is 0 Å². The minimum Gasteiger partial charge on any atom is -0.461 e. The summed E-state index contributed by atoms with van der Waals surface area (Å²) in [5.74, 6) is -0.784. The lowest BCUT2D eigenvalue weighted by Gasteiger charge is -2.36. The van der Waals surface area contributed by atoms with Gasteiger partial charge in [-0.3, -0.25) is 0 Å². The smallest absolute Gasteiger partial charge is 0.355 e. The zero-order valence-corrected chi connectivity index (χ0v) is 19.5. The quantitative estimate of drug-likeness (QED) is 0.305. The molecule has 0 unspecified atom stereocenters. The van der Waals surface area contributed by atoms with Gasteiger partial charge in [0.05, 0.1) is 16.6 Å². The maximum Gasteiger partial charge on any atom is 0.355 e. The number of ether oxygens (including phenoxy) is 1. The number of aromatic amines is 1. The Hall–Kier alpha value is -1.18. The van der Waals surface area contributed by atoms with Gasteiger partial charge in [0.2, 0.25) is 0 Å². The Morgan fingerprint density at radius 2 is 1.96 bits per heavy atom. The van der Waals surface area contributed by atoms with Gasteiger partial charge in [0, 0.05) is 12.0 Å². The van der Waals surface area contributed by atoms with E-state index in [-0.39, 0.29) is 17.5 Å². The van der Waals surface area contributed by atoms with Gasteiger partial charge in [0.1, 0.15) is 11.5 Å². The average Bonchev–Trinajstić information content (AvgIpc) is 2.93. The molecular weight excluding hydrogens is 429 g/mol. The van der Waals surface area contributed by atoms with Crippen LogP contribution in [0.5, 0.6) is 0 Å². The zero-order valence-electron chi connectivity index (χ0n) is 17.0. The van der Waals surface area contributed by atoms with Gasteiger partial charge in [0.25, 0.3) is 0 Å². The van der Waals surface area contributed by atoms with Crippen LogP contribution in [0, 0.1) is 5.82 Å². The molecule has 0 aliphatic rings. The summed E-state index contributed by atoms with van der Waals surface area (Å²) < 4.78 is 25.6. The summed E-state index contributed by atoms with van der Waals surface area (Å²) in [5.41, 5.74) is 1.83. The molecule has 27 heavy (non-hydrogen) atoms. The molecule has 0 spiro atoms. The molecule has 7 heteroatoms. The predicted molar refractivity (Wildman–Crippen MR) is 113 cm³/mol. The van der Waals surface area contributed by atoms with Crippen LogP contribution in [0.25, 0.3) is 10.9 Å². The number of aromatic nitrogens is 1. The van der Waals surface area contributed by atoms with E-state index in [0.717, 1.165) is 17.4 Å². The Labute approximate surface area is 170 Å². The van der Waals surface area contributed by atoms with Crippen LogP contribution in [0.4, 0.5) is 4.39 Å². The number of carbonyl (C=O) groups is 1. The molecule has 2 aromatic rings. The molecule has 0 fully saturated rings. The van der Waals surface area contributed by atoms with Crippen LogP contribution >= 0.6 is 15.9 Å². The fourth-order valence-electron chi connectivity index (χ4n) is 2.69. The number of halogens is 2. The molecule has 0 amide bonds. The fourth-order valence-corrected chi connectivity index (χ4v) is 4.22. The van der Waals surface area contributed by atoms with Crippen LogP contribution in [-0.2, 0) is 15.6 Å². The monoisotopic (exact) mass is 457 g/mol. The van der Waals surface area contributed by atoms with Crippen molar-refractivity contribution in [1.82, 2.24) is 4.98 Å². The Balaban J connectivity index is 2.24. The highest BCUT2D eigenvalue weighted by Crippen LogP contribution is 2.37. The van der Waals surface area contributed by atoms with E-state index in [1.54, 1.807) is 13.0 Å². The van der Waals surface area contributed by atoms with Crippen LogP contribution in [0.3, 0.4) is 0 Å². The first kappa shape index (κ1) is 22.1. The Morgan fingerprint density at radius 1 is 1.30 bits per heavy atom. The summed E-state index contributed by atoms with van der Waals surface area (Å²) >= 11 is 3.27. The fraction of sp³-hybridized carbons (Fsp3) is 0.550. The minimum atomic E-state index is -1.80. The van der Waals surface area contributed by atoms with Gasteiger partial charge in [0.15, 0.2) is 8.32 Å². The van der Waals surface area contributed by atoms with Crippen molar-refractivity contribution in [3.63, 3.8) is 0 Å². The number of carbonyl (C=O) groups excluding carboxylic acids is 1. The largest absolute Gasteiger partial charge is 0.461 e. The predicted octanol–water partition coefficient (Wildman–Crippen LogP) is 6.20. The zero-order chi connectivity index (χ0) is 20.4. The van der Waals surface area contributed by atoms with E-state index >= 15 is 0 Å². The molecule has 0 aliphatic carbocycles. The third-order valence-electron chi connectivity index (χ3n) is 5.29. The van der Waals surface area contributed by atoms with Gasteiger partial charge in [-0.25, -0.2) is 9.18 Å². The SMILES string of the molecule is CCOC(=O)c1[nH]c2c(Br)c(F)ccc2c1CCCO[Si](C)(C)C(C)(C)C. The van der Waals surface area contributed by atoms with Crippen molar-refractivity contribution in [3.05, 3.63) is 33.7 Å². The van der Waals surface area contributed by atoms with Crippen molar-refractivity contribution < 1.29 is 18.3 Å². The number of nitrogens with one attached hydrogen (secondary N) is 1. The summed E-state index contributed by atoms with van der Waals surface area (Å²) in [6.45, 7) is 13.8. The van der Waals surface area contributed by atoms with Gasteiger partial charge >= 0.3 is 5.97 Å². The highest BCUT2D eigenvalue weighted by atomic mass is 79.9. The number of aryl methyl sites for hydroxylation is 1. The van der Waals surface area contributed by atoms with Gasteiger partial charge in [-0.15, -0.1) is 0 Å².